The van der Waals surface area contributed by atoms with Gasteiger partial charge in [0.1, 0.15) is 0 Å². The quantitative estimate of drug-likeness (QED) is 0.866. The van der Waals surface area contributed by atoms with Crippen LogP contribution in [0.4, 0.5) is 0 Å². The van der Waals surface area contributed by atoms with Crippen LogP contribution in [0.25, 0.3) is 0 Å². The zero-order chi connectivity index (χ0) is 14.4. The molecular formula is C16H23NO3. The number of benzene rings is 1. The van der Waals surface area contributed by atoms with Crippen molar-refractivity contribution in [3.63, 3.8) is 0 Å². The lowest BCUT2D eigenvalue weighted by molar-refractivity contribution is 0.0662. The van der Waals surface area contributed by atoms with Gasteiger partial charge in [-0.3, -0.25) is 4.79 Å². The fourth-order valence-electron chi connectivity index (χ4n) is 2.77. The summed E-state index contributed by atoms with van der Waals surface area (Å²) in [5.41, 5.74) is 1.54. The summed E-state index contributed by atoms with van der Waals surface area (Å²) in [4.78, 5) is 12.2. The predicted molar refractivity (Wildman–Crippen MR) is 77.5 cm³/mol. The van der Waals surface area contributed by atoms with Crippen molar-refractivity contribution in [3.05, 3.63) is 35.4 Å². The number of carbonyl (C=O) groups is 1. The molecule has 0 heterocycles. The van der Waals surface area contributed by atoms with Crippen molar-refractivity contribution in [2.24, 2.45) is 5.92 Å². The zero-order valence-electron chi connectivity index (χ0n) is 12.0. The van der Waals surface area contributed by atoms with Crippen LogP contribution in [0.5, 0.6) is 0 Å². The van der Waals surface area contributed by atoms with Gasteiger partial charge in [-0.05, 0) is 24.5 Å². The van der Waals surface area contributed by atoms with Crippen LogP contribution in [0.15, 0.2) is 24.3 Å². The first-order valence-corrected chi connectivity index (χ1v) is 7.25. The van der Waals surface area contributed by atoms with E-state index in [2.05, 4.69) is 5.32 Å². The van der Waals surface area contributed by atoms with Gasteiger partial charge in [0.25, 0.3) is 5.91 Å². The Bertz CT molecular complexity index is 447. The van der Waals surface area contributed by atoms with Crippen molar-refractivity contribution in [2.75, 3.05) is 13.7 Å². The molecule has 0 aliphatic heterocycles. The van der Waals surface area contributed by atoms with Crippen molar-refractivity contribution in [2.45, 2.75) is 38.4 Å². The van der Waals surface area contributed by atoms with E-state index in [4.69, 9.17) is 4.74 Å². The highest BCUT2D eigenvalue weighted by Gasteiger charge is 2.23. The number of aliphatic hydroxyl groups is 1. The lowest BCUT2D eigenvalue weighted by Gasteiger charge is -2.27. The van der Waals surface area contributed by atoms with Gasteiger partial charge in [-0.1, -0.05) is 31.0 Å². The molecule has 2 N–H and O–H groups in total. The number of rotatable bonds is 5. The molecule has 20 heavy (non-hydrogen) atoms. The highest BCUT2D eigenvalue weighted by Crippen LogP contribution is 2.23. The molecule has 0 spiro atoms. The minimum absolute atomic E-state index is 0.0876. The second-order valence-electron chi connectivity index (χ2n) is 5.41. The molecule has 1 amide bonds. The summed E-state index contributed by atoms with van der Waals surface area (Å²) < 4.78 is 5.11. The Morgan fingerprint density at radius 1 is 1.35 bits per heavy atom. The predicted octanol–water partition coefficient (Wildman–Crippen LogP) is 2.11. The number of ether oxygens (including phenoxy) is 1. The van der Waals surface area contributed by atoms with Crippen LogP contribution in [0.3, 0.4) is 0 Å². The Labute approximate surface area is 120 Å². The smallest absolute Gasteiger partial charge is 0.251 e. The maximum absolute atomic E-state index is 12.2. The lowest BCUT2D eigenvalue weighted by Crippen LogP contribution is -2.37. The van der Waals surface area contributed by atoms with Crippen molar-refractivity contribution in [1.29, 1.82) is 0 Å². The van der Waals surface area contributed by atoms with Crippen LogP contribution in [0.2, 0.25) is 0 Å². The van der Waals surface area contributed by atoms with Gasteiger partial charge in [-0.2, -0.15) is 0 Å². The Hall–Kier alpha value is -1.39. The van der Waals surface area contributed by atoms with Gasteiger partial charge in [0.05, 0.1) is 12.7 Å². The van der Waals surface area contributed by atoms with E-state index in [1.807, 2.05) is 18.2 Å². The van der Waals surface area contributed by atoms with E-state index in [1.165, 1.54) is 0 Å². The van der Waals surface area contributed by atoms with E-state index < -0.39 is 0 Å². The maximum atomic E-state index is 12.2. The summed E-state index contributed by atoms with van der Waals surface area (Å²) in [7, 11) is 1.62. The summed E-state index contributed by atoms with van der Waals surface area (Å²) in [6.45, 7) is 0.969. The molecule has 1 saturated carbocycles. The van der Waals surface area contributed by atoms with Gasteiger partial charge in [0.2, 0.25) is 0 Å². The lowest BCUT2D eigenvalue weighted by atomic mass is 9.86. The molecule has 1 aromatic carbocycles. The highest BCUT2D eigenvalue weighted by atomic mass is 16.5. The molecule has 1 fully saturated rings. The average molecular weight is 277 g/mol. The third kappa shape index (κ3) is 3.81. The Balaban J connectivity index is 1.94. The molecule has 1 aliphatic rings. The third-order valence-electron chi connectivity index (χ3n) is 3.96. The van der Waals surface area contributed by atoms with E-state index in [0.717, 1.165) is 31.2 Å². The summed E-state index contributed by atoms with van der Waals surface area (Å²) in [6, 6.07) is 7.45. The number of aliphatic hydroxyl groups excluding tert-OH is 1. The number of carbonyl (C=O) groups excluding carboxylic acids is 1. The van der Waals surface area contributed by atoms with Gasteiger partial charge in [0, 0.05) is 25.1 Å². The van der Waals surface area contributed by atoms with Crippen molar-refractivity contribution in [3.8, 4) is 0 Å². The Kier molecular flexibility index (Phi) is 5.56. The second kappa shape index (κ2) is 7.41. The topological polar surface area (TPSA) is 58.6 Å². The number of hydrogen-bond acceptors (Lipinski definition) is 3. The maximum Gasteiger partial charge on any atom is 0.251 e. The van der Waals surface area contributed by atoms with E-state index in [0.29, 0.717) is 18.7 Å². The second-order valence-corrected chi connectivity index (χ2v) is 5.41. The first-order chi connectivity index (χ1) is 9.72. The van der Waals surface area contributed by atoms with Gasteiger partial charge in [-0.25, -0.2) is 0 Å². The minimum Gasteiger partial charge on any atom is -0.393 e. The molecule has 2 atom stereocenters. The van der Waals surface area contributed by atoms with Crippen molar-refractivity contribution in [1.82, 2.24) is 5.32 Å². The fourth-order valence-corrected chi connectivity index (χ4v) is 2.77. The number of amides is 1. The molecule has 0 saturated heterocycles. The van der Waals surface area contributed by atoms with Crippen LogP contribution >= 0.6 is 0 Å². The summed E-state index contributed by atoms with van der Waals surface area (Å²) in [5.74, 6) is 0.0951. The standard InChI is InChI=1S/C16H23NO3/c1-20-11-13-7-2-4-8-14(13)16(19)17-10-12-6-3-5-9-15(12)18/h2,4,7-8,12,15,18H,3,5-6,9-11H2,1H3,(H,17,19). The van der Waals surface area contributed by atoms with Gasteiger partial charge in [-0.15, -0.1) is 0 Å². The number of methoxy groups -OCH3 is 1. The minimum atomic E-state index is -0.279. The largest absolute Gasteiger partial charge is 0.393 e. The monoisotopic (exact) mass is 277 g/mol. The third-order valence-corrected chi connectivity index (χ3v) is 3.96. The van der Waals surface area contributed by atoms with Gasteiger partial charge in [0.15, 0.2) is 0 Å². The van der Waals surface area contributed by atoms with Crippen molar-refractivity contribution < 1.29 is 14.6 Å². The summed E-state index contributed by atoms with van der Waals surface area (Å²) in [6.07, 6.45) is 3.78. The van der Waals surface area contributed by atoms with Gasteiger partial charge < -0.3 is 15.2 Å². The van der Waals surface area contributed by atoms with E-state index >= 15 is 0 Å². The van der Waals surface area contributed by atoms with Crippen LogP contribution < -0.4 is 5.32 Å². The Morgan fingerprint density at radius 3 is 2.85 bits per heavy atom. The molecule has 1 aromatic rings. The normalized spacial score (nSPS) is 22.5. The van der Waals surface area contributed by atoms with Gasteiger partial charge >= 0.3 is 0 Å². The fraction of sp³-hybridized carbons (Fsp3) is 0.562. The van der Waals surface area contributed by atoms with Crippen molar-refractivity contribution >= 4 is 5.91 Å². The zero-order valence-corrected chi connectivity index (χ0v) is 12.0. The molecule has 2 unspecified atom stereocenters. The first kappa shape index (κ1) is 15.0. The molecule has 110 valence electrons. The molecule has 4 heteroatoms. The molecule has 0 aromatic heterocycles. The first-order valence-electron chi connectivity index (χ1n) is 7.25. The molecular weight excluding hydrogens is 254 g/mol. The summed E-state index contributed by atoms with van der Waals surface area (Å²) in [5, 5.41) is 12.9. The highest BCUT2D eigenvalue weighted by molar-refractivity contribution is 5.95. The van der Waals surface area contributed by atoms with Crippen LogP contribution in [0.1, 0.15) is 41.6 Å². The Morgan fingerprint density at radius 2 is 2.10 bits per heavy atom. The molecule has 1 aliphatic carbocycles. The van der Waals surface area contributed by atoms with E-state index in [-0.39, 0.29) is 17.9 Å². The average Bonchev–Trinajstić information content (AvgIpc) is 2.47. The van der Waals surface area contributed by atoms with Crippen LogP contribution in [0, 0.1) is 5.92 Å². The number of nitrogens with one attached hydrogen (secondary N) is 1. The molecule has 4 nitrogen and oxygen atoms in total. The summed E-state index contributed by atoms with van der Waals surface area (Å²) >= 11 is 0. The van der Waals surface area contributed by atoms with Crippen LogP contribution in [-0.2, 0) is 11.3 Å². The number of hydrogen-bond donors (Lipinski definition) is 2. The van der Waals surface area contributed by atoms with E-state index in [9.17, 15) is 9.90 Å². The molecule has 0 bridgehead atoms. The molecule has 2 rings (SSSR count). The van der Waals surface area contributed by atoms with E-state index in [1.54, 1.807) is 13.2 Å². The van der Waals surface area contributed by atoms with Crippen LogP contribution in [-0.4, -0.2) is 30.8 Å². The molecule has 0 radical (unpaired) electrons. The SMILES string of the molecule is COCc1ccccc1C(=O)NCC1CCCCC1O.